The molecule has 12 heteroatoms. The molecule has 3 heterocycles. The van der Waals surface area contributed by atoms with Gasteiger partial charge in [0.1, 0.15) is 22.1 Å². The summed E-state index contributed by atoms with van der Waals surface area (Å²) in [6, 6.07) is 24.7. The summed E-state index contributed by atoms with van der Waals surface area (Å²) in [7, 11) is 0. The van der Waals surface area contributed by atoms with Crippen molar-refractivity contribution < 1.29 is 23.5 Å². The number of thioether (sulfide) groups is 1. The van der Waals surface area contributed by atoms with Gasteiger partial charge in [-0.25, -0.2) is 14.3 Å². The SMILES string of the molecule is CSc1ccccc1N1C(=O)c2ccc(Oc3ccc(NC(=O)c4sc5ncn(Cc6cccc(F)c6)c(=O)c5c4C)cc3)cc2C1=O. The molecule has 48 heavy (non-hydrogen) atoms. The molecular formula is C36H25FN4O5S2. The Morgan fingerprint density at radius 3 is 2.44 bits per heavy atom. The van der Waals surface area contributed by atoms with E-state index in [4.69, 9.17) is 4.74 Å². The minimum Gasteiger partial charge on any atom is -0.457 e. The van der Waals surface area contributed by atoms with Gasteiger partial charge in [-0.3, -0.25) is 23.7 Å². The Hall–Kier alpha value is -5.59. The fourth-order valence-corrected chi connectivity index (χ4v) is 7.19. The van der Waals surface area contributed by atoms with Crippen LogP contribution in [0, 0.1) is 12.7 Å². The number of aryl methyl sites for hydroxylation is 1. The molecule has 7 rings (SSSR count). The number of carbonyl (C=O) groups is 3. The second-order valence-electron chi connectivity index (χ2n) is 10.9. The summed E-state index contributed by atoms with van der Waals surface area (Å²) in [4.78, 5) is 60.2. The maximum absolute atomic E-state index is 13.7. The van der Waals surface area contributed by atoms with Crippen molar-refractivity contribution in [2.75, 3.05) is 16.5 Å². The van der Waals surface area contributed by atoms with Crippen LogP contribution < -0.4 is 20.5 Å². The van der Waals surface area contributed by atoms with Crippen LogP contribution in [0.4, 0.5) is 15.8 Å². The lowest BCUT2D eigenvalue weighted by Crippen LogP contribution is -2.29. The molecule has 238 valence electrons. The Morgan fingerprint density at radius 2 is 1.67 bits per heavy atom. The van der Waals surface area contributed by atoms with E-state index in [0.717, 1.165) is 16.2 Å². The number of para-hydroxylation sites is 1. The fourth-order valence-electron chi connectivity index (χ4n) is 5.57. The zero-order valence-corrected chi connectivity index (χ0v) is 27.2. The molecule has 0 bridgehead atoms. The number of rotatable bonds is 8. The van der Waals surface area contributed by atoms with E-state index in [1.165, 1.54) is 39.7 Å². The summed E-state index contributed by atoms with van der Waals surface area (Å²) in [5.74, 6) is -0.759. The maximum atomic E-state index is 13.7. The van der Waals surface area contributed by atoms with Gasteiger partial charge < -0.3 is 10.1 Å². The first kappa shape index (κ1) is 31.0. The van der Waals surface area contributed by atoms with E-state index in [1.54, 1.807) is 73.7 Å². The summed E-state index contributed by atoms with van der Waals surface area (Å²) in [5.41, 5.74) is 2.42. The standard InChI is InChI=1S/C36H25FN4O5S2/c1-20-30-33(38-19-40(36(30)45)18-21-6-5-7-22(37)16-21)48-31(20)32(42)39-23-10-12-24(13-11-23)46-25-14-15-26-27(17-25)35(44)41(34(26)43)28-8-3-4-9-29(28)47-2/h3-17,19H,18H2,1-2H3,(H,39,42). The first-order valence-electron chi connectivity index (χ1n) is 14.7. The van der Waals surface area contributed by atoms with Gasteiger partial charge >= 0.3 is 0 Å². The Morgan fingerprint density at radius 1 is 0.917 bits per heavy atom. The topological polar surface area (TPSA) is 111 Å². The van der Waals surface area contributed by atoms with Gasteiger partial charge in [-0.2, -0.15) is 0 Å². The summed E-state index contributed by atoms with van der Waals surface area (Å²) in [5, 5.41) is 3.20. The summed E-state index contributed by atoms with van der Waals surface area (Å²) >= 11 is 2.58. The van der Waals surface area contributed by atoms with Crippen molar-refractivity contribution in [2.24, 2.45) is 0 Å². The van der Waals surface area contributed by atoms with Crippen molar-refractivity contribution in [1.29, 1.82) is 0 Å². The molecule has 9 nitrogen and oxygen atoms in total. The largest absolute Gasteiger partial charge is 0.457 e. The van der Waals surface area contributed by atoms with E-state index in [2.05, 4.69) is 10.3 Å². The van der Waals surface area contributed by atoms with Crippen molar-refractivity contribution in [1.82, 2.24) is 9.55 Å². The highest BCUT2D eigenvalue weighted by Gasteiger charge is 2.38. The van der Waals surface area contributed by atoms with Gasteiger partial charge in [0.15, 0.2) is 0 Å². The van der Waals surface area contributed by atoms with Crippen molar-refractivity contribution in [2.45, 2.75) is 18.4 Å². The maximum Gasteiger partial charge on any atom is 0.266 e. The minimum atomic E-state index is -0.419. The van der Waals surface area contributed by atoms with Crippen molar-refractivity contribution in [3.05, 3.63) is 141 Å². The number of amides is 3. The van der Waals surface area contributed by atoms with Gasteiger partial charge in [0, 0.05) is 10.6 Å². The molecule has 0 saturated carbocycles. The number of fused-ring (bicyclic) bond motifs is 2. The average Bonchev–Trinajstić information content (AvgIpc) is 3.55. The molecule has 2 aromatic heterocycles. The third-order valence-electron chi connectivity index (χ3n) is 7.90. The Kier molecular flexibility index (Phi) is 8.11. The highest BCUT2D eigenvalue weighted by molar-refractivity contribution is 7.98. The van der Waals surface area contributed by atoms with Crippen molar-refractivity contribution in [3.63, 3.8) is 0 Å². The van der Waals surface area contributed by atoms with Gasteiger partial charge in [-0.05, 0) is 91.0 Å². The van der Waals surface area contributed by atoms with Crippen LogP contribution in [0.2, 0.25) is 0 Å². The molecular weight excluding hydrogens is 652 g/mol. The first-order valence-corrected chi connectivity index (χ1v) is 16.7. The van der Waals surface area contributed by atoms with E-state index < -0.39 is 17.6 Å². The van der Waals surface area contributed by atoms with E-state index in [9.17, 15) is 23.6 Å². The molecule has 0 fully saturated rings. The van der Waals surface area contributed by atoms with Crippen LogP contribution in [0.25, 0.3) is 10.2 Å². The van der Waals surface area contributed by atoms with Crippen LogP contribution in [0.1, 0.15) is 41.5 Å². The number of anilines is 2. The highest BCUT2D eigenvalue weighted by atomic mass is 32.2. The lowest BCUT2D eigenvalue weighted by Gasteiger charge is -2.16. The van der Waals surface area contributed by atoms with E-state index >= 15 is 0 Å². The smallest absolute Gasteiger partial charge is 0.266 e. The first-order chi connectivity index (χ1) is 23.2. The number of thiophene rings is 1. The minimum absolute atomic E-state index is 0.149. The van der Waals surface area contributed by atoms with Gasteiger partial charge in [-0.1, -0.05) is 24.3 Å². The van der Waals surface area contributed by atoms with Crippen LogP contribution in [0.15, 0.2) is 107 Å². The number of hydrogen-bond donors (Lipinski definition) is 1. The Labute approximate surface area is 281 Å². The van der Waals surface area contributed by atoms with Gasteiger partial charge in [-0.15, -0.1) is 23.1 Å². The van der Waals surface area contributed by atoms with Gasteiger partial charge in [0.25, 0.3) is 23.3 Å². The molecule has 0 aliphatic carbocycles. The molecule has 0 atom stereocenters. The second kappa shape index (κ2) is 12.5. The van der Waals surface area contributed by atoms with Crippen LogP contribution in [0.5, 0.6) is 11.5 Å². The molecule has 3 amide bonds. The van der Waals surface area contributed by atoms with Gasteiger partial charge in [0.2, 0.25) is 0 Å². The van der Waals surface area contributed by atoms with Gasteiger partial charge in [0.05, 0.1) is 39.9 Å². The number of nitrogens with zero attached hydrogens (tertiary/aromatic N) is 3. The molecule has 0 unspecified atom stereocenters. The van der Waals surface area contributed by atoms with Crippen LogP contribution in [0.3, 0.4) is 0 Å². The number of hydrogen-bond acceptors (Lipinski definition) is 8. The Bertz CT molecular complexity index is 2330. The molecule has 1 aliphatic rings. The highest BCUT2D eigenvalue weighted by Crippen LogP contribution is 2.36. The number of carbonyl (C=O) groups excluding carboxylic acids is 3. The molecule has 1 N–H and O–H groups in total. The van der Waals surface area contributed by atoms with Crippen LogP contribution >= 0.6 is 23.1 Å². The summed E-state index contributed by atoms with van der Waals surface area (Å²) in [6.07, 6.45) is 3.29. The quantitative estimate of drug-likeness (QED) is 0.131. The number of aromatic nitrogens is 2. The third kappa shape index (κ3) is 5.65. The predicted octanol–water partition coefficient (Wildman–Crippen LogP) is 7.52. The van der Waals surface area contributed by atoms with E-state index in [0.29, 0.717) is 54.7 Å². The molecule has 4 aromatic carbocycles. The third-order valence-corrected chi connectivity index (χ3v) is 9.88. The van der Waals surface area contributed by atoms with Crippen molar-refractivity contribution in [3.8, 4) is 11.5 Å². The molecule has 0 spiro atoms. The Balaban J connectivity index is 1.05. The summed E-state index contributed by atoms with van der Waals surface area (Å²) in [6.45, 7) is 1.85. The second-order valence-corrected chi connectivity index (χ2v) is 12.8. The monoisotopic (exact) mass is 676 g/mol. The number of halogens is 1. The molecule has 1 aliphatic heterocycles. The predicted molar refractivity (Wildman–Crippen MR) is 184 cm³/mol. The number of ether oxygens (including phenoxy) is 1. The number of nitrogens with one attached hydrogen (secondary N) is 1. The van der Waals surface area contributed by atoms with Crippen molar-refractivity contribution >= 4 is 62.4 Å². The average molecular weight is 677 g/mol. The number of imide groups is 1. The zero-order chi connectivity index (χ0) is 33.5. The molecule has 6 aromatic rings. The molecule has 0 saturated heterocycles. The summed E-state index contributed by atoms with van der Waals surface area (Å²) < 4.78 is 21.0. The lowest BCUT2D eigenvalue weighted by atomic mass is 10.1. The van der Waals surface area contributed by atoms with E-state index in [-0.39, 0.29) is 23.6 Å². The number of benzene rings is 4. The molecule has 0 radical (unpaired) electrons. The lowest BCUT2D eigenvalue weighted by molar-refractivity contribution is 0.0924. The van der Waals surface area contributed by atoms with Crippen LogP contribution in [-0.2, 0) is 6.54 Å². The normalized spacial score (nSPS) is 12.4. The fraction of sp³-hybridized carbons (Fsp3) is 0.0833. The van der Waals surface area contributed by atoms with Crippen LogP contribution in [-0.4, -0.2) is 33.5 Å². The van der Waals surface area contributed by atoms with E-state index in [1.807, 2.05) is 18.4 Å². The zero-order valence-electron chi connectivity index (χ0n) is 25.5.